The van der Waals surface area contributed by atoms with Gasteiger partial charge in [0, 0.05) is 0 Å². The highest BCUT2D eigenvalue weighted by Gasteiger charge is 1.64. The summed E-state index contributed by atoms with van der Waals surface area (Å²) in [5.74, 6) is 0. The number of allylic oxidation sites excluding steroid dienone is 6. The van der Waals surface area contributed by atoms with Crippen LogP contribution in [0.15, 0.2) is 36.5 Å². The molecule has 0 aliphatic heterocycles. The van der Waals surface area contributed by atoms with Crippen LogP contribution in [0.1, 0.15) is 20.3 Å². The molecular weight excluding hydrogens is 108 g/mol. The Kier molecular flexibility index (Phi) is 6.59. The van der Waals surface area contributed by atoms with Crippen molar-refractivity contribution < 1.29 is 0 Å². The van der Waals surface area contributed by atoms with E-state index in [9.17, 15) is 0 Å². The minimum atomic E-state index is 1.04. The average Bonchev–Trinajstić information content (AvgIpc) is 1.89. The van der Waals surface area contributed by atoms with Gasteiger partial charge in [-0.1, -0.05) is 36.5 Å². The third-order valence-electron chi connectivity index (χ3n) is 0.948. The van der Waals surface area contributed by atoms with E-state index >= 15 is 0 Å². The van der Waals surface area contributed by atoms with E-state index in [0.717, 1.165) is 6.42 Å². The highest BCUT2D eigenvalue weighted by molar-refractivity contribution is 5.03. The van der Waals surface area contributed by atoms with Crippen LogP contribution >= 0.6 is 0 Å². The highest BCUT2D eigenvalue weighted by Crippen LogP contribution is 1.85. The van der Waals surface area contributed by atoms with E-state index in [4.69, 9.17) is 0 Å². The van der Waals surface area contributed by atoms with Crippen LogP contribution in [-0.2, 0) is 0 Å². The van der Waals surface area contributed by atoms with Gasteiger partial charge in [-0.05, 0) is 20.3 Å². The molecule has 0 aliphatic carbocycles. The maximum Gasteiger partial charge on any atom is -0.0166 e. The lowest BCUT2D eigenvalue weighted by molar-refractivity contribution is 1.38. The van der Waals surface area contributed by atoms with Crippen LogP contribution in [0.3, 0.4) is 0 Å². The van der Waals surface area contributed by atoms with Gasteiger partial charge in [-0.15, -0.1) is 0 Å². The molecule has 0 saturated heterocycles. The van der Waals surface area contributed by atoms with Gasteiger partial charge in [0.15, 0.2) is 0 Å². The molecule has 0 bridgehead atoms. The molecule has 0 aromatic carbocycles. The lowest BCUT2D eigenvalue weighted by atomic mass is 10.3. The Hall–Kier alpha value is -0.780. The second-order valence-corrected chi connectivity index (χ2v) is 1.76. The highest BCUT2D eigenvalue weighted by atomic mass is 13.7. The Balaban J connectivity index is 3.25. The fraction of sp³-hybridized carbons (Fsp3) is 0.333. The zero-order valence-corrected chi connectivity index (χ0v) is 6.17. The third-order valence-corrected chi connectivity index (χ3v) is 0.948. The van der Waals surface area contributed by atoms with Gasteiger partial charge >= 0.3 is 0 Å². The molecule has 0 radical (unpaired) electrons. The summed E-state index contributed by atoms with van der Waals surface area (Å²) in [5.41, 5.74) is 0. The summed E-state index contributed by atoms with van der Waals surface area (Å²) < 4.78 is 0. The minimum Gasteiger partial charge on any atom is -0.0914 e. The predicted molar refractivity (Wildman–Crippen MR) is 43.4 cm³/mol. The molecule has 0 atom stereocenters. The molecule has 0 aromatic heterocycles. The zero-order chi connectivity index (χ0) is 6.95. The first kappa shape index (κ1) is 8.22. The zero-order valence-electron chi connectivity index (χ0n) is 6.17. The summed E-state index contributed by atoms with van der Waals surface area (Å²) in [6.45, 7) is 4.05. The minimum absolute atomic E-state index is 1.04. The first-order valence-corrected chi connectivity index (χ1v) is 3.30. The largest absolute Gasteiger partial charge is 0.0914 e. The van der Waals surface area contributed by atoms with Gasteiger partial charge in [-0.25, -0.2) is 0 Å². The molecule has 9 heavy (non-hydrogen) atoms. The van der Waals surface area contributed by atoms with Gasteiger partial charge in [0.1, 0.15) is 0 Å². The number of rotatable bonds is 3. The van der Waals surface area contributed by atoms with E-state index in [1.807, 2.05) is 26.0 Å². The van der Waals surface area contributed by atoms with Crippen molar-refractivity contribution in [3.05, 3.63) is 36.5 Å². The van der Waals surface area contributed by atoms with E-state index in [2.05, 4.69) is 24.3 Å². The lowest BCUT2D eigenvalue weighted by Gasteiger charge is -1.75. The fourth-order valence-electron chi connectivity index (χ4n) is 0.483. The molecule has 0 fully saturated rings. The van der Waals surface area contributed by atoms with E-state index in [1.54, 1.807) is 0 Å². The van der Waals surface area contributed by atoms with Crippen molar-refractivity contribution in [2.24, 2.45) is 0 Å². The van der Waals surface area contributed by atoms with Crippen LogP contribution in [0.25, 0.3) is 0 Å². The van der Waals surface area contributed by atoms with Crippen molar-refractivity contribution in [3.8, 4) is 0 Å². The van der Waals surface area contributed by atoms with Crippen molar-refractivity contribution in [2.45, 2.75) is 20.3 Å². The summed E-state index contributed by atoms with van der Waals surface area (Å²) in [6, 6.07) is 0. The summed E-state index contributed by atoms with van der Waals surface area (Å²) in [7, 11) is 0. The Morgan fingerprint density at radius 1 is 0.889 bits per heavy atom. The normalized spacial score (nSPS) is 12.7. The average molecular weight is 122 g/mol. The predicted octanol–water partition coefficient (Wildman–Crippen LogP) is 3.08. The van der Waals surface area contributed by atoms with Crippen molar-refractivity contribution >= 4 is 0 Å². The number of hydrogen-bond acceptors (Lipinski definition) is 0. The summed E-state index contributed by atoms with van der Waals surface area (Å²) in [4.78, 5) is 0. The van der Waals surface area contributed by atoms with Gasteiger partial charge in [0.05, 0.1) is 0 Å². The van der Waals surface area contributed by atoms with Crippen molar-refractivity contribution in [1.82, 2.24) is 0 Å². The van der Waals surface area contributed by atoms with Gasteiger partial charge in [0.2, 0.25) is 0 Å². The third kappa shape index (κ3) is 7.22. The molecule has 0 rings (SSSR count). The smallest absolute Gasteiger partial charge is 0.0166 e. The van der Waals surface area contributed by atoms with Crippen LogP contribution in [0.2, 0.25) is 0 Å². The maximum atomic E-state index is 2.12. The Morgan fingerprint density at radius 3 is 2.22 bits per heavy atom. The quantitative estimate of drug-likeness (QED) is 0.398. The molecule has 0 saturated carbocycles. The van der Waals surface area contributed by atoms with Gasteiger partial charge < -0.3 is 0 Å². The first-order valence-electron chi connectivity index (χ1n) is 3.30. The molecule has 0 amide bonds. The molecule has 0 N–H and O–H groups in total. The Morgan fingerprint density at radius 2 is 1.67 bits per heavy atom. The summed E-state index contributed by atoms with van der Waals surface area (Å²) in [6.07, 6.45) is 13.5. The van der Waals surface area contributed by atoms with Gasteiger partial charge in [0.25, 0.3) is 0 Å². The van der Waals surface area contributed by atoms with Crippen molar-refractivity contribution in [3.63, 3.8) is 0 Å². The fourth-order valence-corrected chi connectivity index (χ4v) is 0.483. The molecule has 0 aromatic rings. The van der Waals surface area contributed by atoms with Crippen molar-refractivity contribution in [1.29, 1.82) is 0 Å². The monoisotopic (exact) mass is 122 g/mol. The van der Waals surface area contributed by atoms with Crippen LogP contribution in [-0.4, -0.2) is 0 Å². The maximum absolute atomic E-state index is 2.12. The van der Waals surface area contributed by atoms with E-state index in [1.165, 1.54) is 0 Å². The second kappa shape index (κ2) is 7.22. The van der Waals surface area contributed by atoms with E-state index < -0.39 is 0 Å². The molecule has 0 nitrogen and oxygen atoms in total. The SMILES string of the molecule is CC=CC/C=C\C=C/C. The molecule has 50 valence electrons. The molecular formula is C9H14. The van der Waals surface area contributed by atoms with E-state index in [0.29, 0.717) is 0 Å². The first-order chi connectivity index (χ1) is 4.41. The number of hydrogen-bond donors (Lipinski definition) is 0. The second-order valence-electron chi connectivity index (χ2n) is 1.76. The van der Waals surface area contributed by atoms with Crippen molar-refractivity contribution in [2.75, 3.05) is 0 Å². The van der Waals surface area contributed by atoms with Gasteiger partial charge in [-0.2, -0.15) is 0 Å². The Labute approximate surface area is 57.6 Å². The molecule has 0 unspecified atom stereocenters. The van der Waals surface area contributed by atoms with Gasteiger partial charge in [-0.3, -0.25) is 0 Å². The Bertz CT molecular complexity index is 116. The summed E-state index contributed by atoms with van der Waals surface area (Å²) >= 11 is 0. The lowest BCUT2D eigenvalue weighted by Crippen LogP contribution is -1.54. The van der Waals surface area contributed by atoms with Crippen LogP contribution in [0, 0.1) is 0 Å². The molecule has 0 heteroatoms. The van der Waals surface area contributed by atoms with E-state index in [-0.39, 0.29) is 0 Å². The standard InChI is InChI=1S/C9H14/c1-3-5-7-9-8-6-4-2/h3-7,9H,8H2,1-2H3/b5-3-,6-4?,9-7-. The van der Waals surface area contributed by atoms with Crippen LogP contribution in [0.5, 0.6) is 0 Å². The van der Waals surface area contributed by atoms with Crippen LogP contribution < -0.4 is 0 Å². The topological polar surface area (TPSA) is 0 Å². The molecule has 0 aliphatic rings. The molecule has 0 spiro atoms. The van der Waals surface area contributed by atoms with Crippen LogP contribution in [0.4, 0.5) is 0 Å². The summed E-state index contributed by atoms with van der Waals surface area (Å²) in [5, 5.41) is 0. The molecule has 0 heterocycles.